The Morgan fingerprint density at radius 1 is 0.871 bits per heavy atom. The SMILES string of the molecule is O=C1S/C(=C/c2cc(Cl)ccc2OCc2cccc(Cl)c2)C(=O)N1Cc1ccccc1. The third kappa shape index (κ3) is 5.31. The Balaban J connectivity index is 1.55. The fourth-order valence-electron chi connectivity index (χ4n) is 3.09. The van der Waals surface area contributed by atoms with Gasteiger partial charge in [0, 0.05) is 15.6 Å². The molecule has 3 aromatic rings. The lowest BCUT2D eigenvalue weighted by molar-refractivity contribution is -0.123. The second-order valence-corrected chi connectivity index (χ2v) is 8.72. The minimum atomic E-state index is -0.334. The molecule has 3 aromatic carbocycles. The summed E-state index contributed by atoms with van der Waals surface area (Å²) in [7, 11) is 0. The molecule has 4 nitrogen and oxygen atoms in total. The minimum Gasteiger partial charge on any atom is -0.488 e. The van der Waals surface area contributed by atoms with Crippen molar-refractivity contribution >= 4 is 52.2 Å². The van der Waals surface area contributed by atoms with Crippen LogP contribution in [0.4, 0.5) is 4.79 Å². The summed E-state index contributed by atoms with van der Waals surface area (Å²) < 4.78 is 5.95. The van der Waals surface area contributed by atoms with Crippen LogP contribution in [0.1, 0.15) is 16.7 Å². The van der Waals surface area contributed by atoms with E-state index in [4.69, 9.17) is 27.9 Å². The second-order valence-electron chi connectivity index (χ2n) is 6.85. The van der Waals surface area contributed by atoms with Crippen molar-refractivity contribution in [2.24, 2.45) is 0 Å². The van der Waals surface area contributed by atoms with Gasteiger partial charge in [-0.2, -0.15) is 0 Å². The topological polar surface area (TPSA) is 46.6 Å². The Hall–Kier alpha value is -2.73. The molecule has 31 heavy (non-hydrogen) atoms. The van der Waals surface area contributed by atoms with Crippen molar-refractivity contribution in [3.05, 3.63) is 104 Å². The van der Waals surface area contributed by atoms with E-state index in [0.29, 0.717) is 32.9 Å². The summed E-state index contributed by atoms with van der Waals surface area (Å²) in [6, 6.07) is 22.0. The monoisotopic (exact) mass is 469 g/mol. The Morgan fingerprint density at radius 3 is 2.39 bits per heavy atom. The molecule has 2 amide bonds. The van der Waals surface area contributed by atoms with E-state index in [0.717, 1.165) is 22.9 Å². The van der Waals surface area contributed by atoms with Crippen molar-refractivity contribution in [3.8, 4) is 5.75 Å². The standard InChI is InChI=1S/C24H17Cl2NO3S/c25-19-8-4-7-17(11-19)15-30-21-10-9-20(26)12-18(21)13-22-23(28)27(24(29)31-22)14-16-5-2-1-3-6-16/h1-13H,14-15H2/b22-13+. The first-order valence-corrected chi connectivity index (χ1v) is 11.0. The number of halogens is 2. The highest BCUT2D eigenvalue weighted by Crippen LogP contribution is 2.35. The number of rotatable bonds is 6. The molecule has 1 saturated heterocycles. The third-order valence-electron chi connectivity index (χ3n) is 4.60. The highest BCUT2D eigenvalue weighted by atomic mass is 35.5. The predicted octanol–water partition coefficient (Wildman–Crippen LogP) is 6.81. The van der Waals surface area contributed by atoms with E-state index < -0.39 is 0 Å². The molecule has 0 saturated carbocycles. The molecule has 0 atom stereocenters. The summed E-state index contributed by atoms with van der Waals surface area (Å²) in [6.07, 6.45) is 1.65. The summed E-state index contributed by atoms with van der Waals surface area (Å²) >= 11 is 13.1. The molecule has 0 unspecified atom stereocenters. The zero-order valence-corrected chi connectivity index (χ0v) is 18.6. The van der Waals surface area contributed by atoms with Crippen LogP contribution in [0.5, 0.6) is 5.75 Å². The highest BCUT2D eigenvalue weighted by molar-refractivity contribution is 8.18. The first-order chi connectivity index (χ1) is 15.0. The van der Waals surface area contributed by atoms with Gasteiger partial charge in [-0.25, -0.2) is 0 Å². The fraction of sp³-hybridized carbons (Fsp3) is 0.0833. The molecule has 0 aliphatic carbocycles. The molecule has 1 fully saturated rings. The Morgan fingerprint density at radius 2 is 1.61 bits per heavy atom. The fourth-order valence-corrected chi connectivity index (χ4v) is 4.32. The lowest BCUT2D eigenvalue weighted by Crippen LogP contribution is -2.27. The van der Waals surface area contributed by atoms with Crippen LogP contribution in [0, 0.1) is 0 Å². The number of imide groups is 1. The third-order valence-corrected chi connectivity index (χ3v) is 5.98. The second kappa shape index (κ2) is 9.60. The molecule has 156 valence electrons. The van der Waals surface area contributed by atoms with Crippen LogP contribution in [-0.2, 0) is 17.9 Å². The van der Waals surface area contributed by atoms with E-state index in [-0.39, 0.29) is 17.7 Å². The van der Waals surface area contributed by atoms with Gasteiger partial charge in [-0.1, -0.05) is 65.7 Å². The molecule has 1 aliphatic heterocycles. The van der Waals surface area contributed by atoms with E-state index in [9.17, 15) is 9.59 Å². The maximum absolute atomic E-state index is 12.9. The maximum atomic E-state index is 12.9. The van der Waals surface area contributed by atoms with Crippen molar-refractivity contribution in [1.82, 2.24) is 4.90 Å². The number of ether oxygens (including phenoxy) is 1. The number of carbonyl (C=O) groups excluding carboxylic acids is 2. The molecule has 0 N–H and O–H groups in total. The molecular formula is C24H17Cl2NO3S. The highest BCUT2D eigenvalue weighted by Gasteiger charge is 2.35. The lowest BCUT2D eigenvalue weighted by Gasteiger charge is -2.12. The predicted molar refractivity (Wildman–Crippen MR) is 125 cm³/mol. The average molecular weight is 470 g/mol. The van der Waals surface area contributed by atoms with Crippen molar-refractivity contribution < 1.29 is 14.3 Å². The van der Waals surface area contributed by atoms with Gasteiger partial charge in [0.2, 0.25) is 0 Å². The van der Waals surface area contributed by atoms with Gasteiger partial charge in [-0.05, 0) is 59.3 Å². The van der Waals surface area contributed by atoms with Gasteiger partial charge in [0.1, 0.15) is 12.4 Å². The van der Waals surface area contributed by atoms with Gasteiger partial charge in [0.25, 0.3) is 11.1 Å². The van der Waals surface area contributed by atoms with Crippen LogP contribution >= 0.6 is 35.0 Å². The van der Waals surface area contributed by atoms with E-state index in [1.165, 1.54) is 4.90 Å². The quantitative estimate of drug-likeness (QED) is 0.372. The molecule has 7 heteroatoms. The zero-order chi connectivity index (χ0) is 21.8. The Kier molecular flexibility index (Phi) is 6.66. The number of amides is 2. The molecule has 0 radical (unpaired) electrons. The van der Waals surface area contributed by atoms with Gasteiger partial charge in [-0.15, -0.1) is 0 Å². The van der Waals surface area contributed by atoms with Gasteiger partial charge in [-0.3, -0.25) is 14.5 Å². The minimum absolute atomic E-state index is 0.233. The number of hydrogen-bond acceptors (Lipinski definition) is 4. The smallest absolute Gasteiger partial charge is 0.293 e. The van der Waals surface area contributed by atoms with E-state index >= 15 is 0 Å². The molecule has 0 aromatic heterocycles. The zero-order valence-electron chi connectivity index (χ0n) is 16.3. The number of thioether (sulfide) groups is 1. The number of carbonyl (C=O) groups is 2. The van der Waals surface area contributed by atoms with Gasteiger partial charge in [0.15, 0.2) is 0 Å². The van der Waals surface area contributed by atoms with Crippen LogP contribution in [0.2, 0.25) is 10.0 Å². The van der Waals surface area contributed by atoms with Crippen LogP contribution in [0.25, 0.3) is 6.08 Å². The van der Waals surface area contributed by atoms with Crippen LogP contribution in [0.3, 0.4) is 0 Å². The Labute approximate surface area is 194 Å². The van der Waals surface area contributed by atoms with E-state index in [1.54, 1.807) is 30.3 Å². The average Bonchev–Trinajstić information content (AvgIpc) is 3.01. The first-order valence-electron chi connectivity index (χ1n) is 9.46. The largest absolute Gasteiger partial charge is 0.488 e. The molecular weight excluding hydrogens is 453 g/mol. The van der Waals surface area contributed by atoms with Crippen molar-refractivity contribution in [2.75, 3.05) is 0 Å². The van der Waals surface area contributed by atoms with Crippen LogP contribution in [0.15, 0.2) is 77.7 Å². The van der Waals surface area contributed by atoms with Crippen molar-refractivity contribution in [1.29, 1.82) is 0 Å². The summed E-state index contributed by atoms with van der Waals surface area (Å²) in [6.45, 7) is 0.537. The number of benzene rings is 3. The van der Waals surface area contributed by atoms with E-state index in [1.807, 2.05) is 48.5 Å². The number of nitrogens with zero attached hydrogens (tertiary/aromatic N) is 1. The van der Waals surface area contributed by atoms with Crippen LogP contribution < -0.4 is 4.74 Å². The molecule has 0 spiro atoms. The summed E-state index contributed by atoms with van der Waals surface area (Å²) in [5.74, 6) is 0.221. The molecule has 0 bridgehead atoms. The van der Waals surface area contributed by atoms with Gasteiger partial charge < -0.3 is 4.74 Å². The normalized spacial score (nSPS) is 15.0. The maximum Gasteiger partial charge on any atom is 0.293 e. The first kappa shape index (κ1) is 21.5. The molecule has 1 aliphatic rings. The molecule has 4 rings (SSSR count). The number of hydrogen-bond donors (Lipinski definition) is 0. The van der Waals surface area contributed by atoms with Crippen molar-refractivity contribution in [3.63, 3.8) is 0 Å². The Bertz CT molecular complexity index is 1160. The van der Waals surface area contributed by atoms with Gasteiger partial charge in [0.05, 0.1) is 11.4 Å². The van der Waals surface area contributed by atoms with Crippen LogP contribution in [-0.4, -0.2) is 16.0 Å². The summed E-state index contributed by atoms with van der Waals surface area (Å²) in [4.78, 5) is 26.9. The lowest BCUT2D eigenvalue weighted by atomic mass is 10.1. The summed E-state index contributed by atoms with van der Waals surface area (Å²) in [5.41, 5.74) is 2.43. The molecule has 1 heterocycles. The van der Waals surface area contributed by atoms with Gasteiger partial charge >= 0.3 is 0 Å². The summed E-state index contributed by atoms with van der Waals surface area (Å²) in [5, 5.41) is 0.831. The van der Waals surface area contributed by atoms with E-state index in [2.05, 4.69) is 0 Å². The van der Waals surface area contributed by atoms with Crippen molar-refractivity contribution in [2.45, 2.75) is 13.2 Å².